The first kappa shape index (κ1) is 34.0. The van der Waals surface area contributed by atoms with Gasteiger partial charge < -0.3 is 18.6 Å². The first-order chi connectivity index (χ1) is 29.8. The molecule has 0 aliphatic heterocycles. The standard InChI is InChI=1S/C56H38N4/c1-5-17-39(18-6-1)51-38-57(40-19-7-2-8-20-40)55-49(51)35-34-48-46-25-13-16-28-53(46)60(56(48)55)44-31-29-43(30-32-44)58(41-21-9-3-10-22-41)45-33-36-54-50(37-45)47-26-14-15-27-52(47)59(54)42-23-11-4-12-24-42/h1-38H. The zero-order valence-corrected chi connectivity index (χ0v) is 32.7. The van der Waals surface area contributed by atoms with Crippen molar-refractivity contribution in [3.8, 4) is 28.2 Å². The van der Waals surface area contributed by atoms with Gasteiger partial charge in [0.1, 0.15) is 0 Å². The Labute approximate surface area is 347 Å². The topological polar surface area (TPSA) is 18.0 Å². The van der Waals surface area contributed by atoms with Gasteiger partial charge in [0, 0.05) is 72.8 Å². The molecule has 0 bridgehead atoms. The van der Waals surface area contributed by atoms with Crippen molar-refractivity contribution in [2.75, 3.05) is 4.90 Å². The molecule has 0 amide bonds. The van der Waals surface area contributed by atoms with E-state index in [4.69, 9.17) is 0 Å². The van der Waals surface area contributed by atoms with Crippen LogP contribution in [0.5, 0.6) is 0 Å². The Morgan fingerprint density at radius 1 is 0.300 bits per heavy atom. The fourth-order valence-electron chi connectivity index (χ4n) is 9.40. The van der Waals surface area contributed by atoms with E-state index >= 15 is 0 Å². The lowest BCUT2D eigenvalue weighted by Gasteiger charge is -2.26. The van der Waals surface area contributed by atoms with E-state index in [9.17, 15) is 0 Å². The fraction of sp³-hybridized carbons (Fsp3) is 0. The molecule has 0 atom stereocenters. The summed E-state index contributed by atoms with van der Waals surface area (Å²) >= 11 is 0. The number of nitrogens with zero attached hydrogens (tertiary/aromatic N) is 4. The summed E-state index contributed by atoms with van der Waals surface area (Å²) in [4.78, 5) is 2.37. The molecule has 0 aliphatic rings. The van der Waals surface area contributed by atoms with E-state index in [1.54, 1.807) is 0 Å². The van der Waals surface area contributed by atoms with Gasteiger partial charge in [0.05, 0.1) is 27.6 Å². The van der Waals surface area contributed by atoms with Gasteiger partial charge in [-0.1, -0.05) is 133 Å². The number of anilines is 3. The van der Waals surface area contributed by atoms with E-state index in [1.165, 1.54) is 65.6 Å². The number of aromatic nitrogens is 3. The molecule has 3 heterocycles. The van der Waals surface area contributed by atoms with Crippen molar-refractivity contribution < 1.29 is 0 Å². The highest BCUT2D eigenvalue weighted by atomic mass is 15.1. The summed E-state index contributed by atoms with van der Waals surface area (Å²) < 4.78 is 7.21. The van der Waals surface area contributed by atoms with Crippen LogP contribution in [0.15, 0.2) is 231 Å². The summed E-state index contributed by atoms with van der Waals surface area (Å²) in [5.41, 5.74) is 15.0. The van der Waals surface area contributed by atoms with Crippen molar-refractivity contribution in [2.45, 2.75) is 0 Å². The molecule has 0 unspecified atom stereocenters. The molecule has 282 valence electrons. The highest BCUT2D eigenvalue weighted by Gasteiger charge is 2.22. The molecule has 60 heavy (non-hydrogen) atoms. The number of benzene rings is 9. The number of rotatable bonds is 7. The van der Waals surface area contributed by atoms with Gasteiger partial charge in [0.15, 0.2) is 0 Å². The molecular weight excluding hydrogens is 729 g/mol. The third kappa shape index (κ3) is 5.32. The molecule has 0 N–H and O–H groups in total. The van der Waals surface area contributed by atoms with Gasteiger partial charge in [-0.2, -0.15) is 0 Å². The molecule has 12 aromatic rings. The van der Waals surface area contributed by atoms with Gasteiger partial charge >= 0.3 is 0 Å². The van der Waals surface area contributed by atoms with Crippen LogP contribution in [-0.4, -0.2) is 13.7 Å². The van der Waals surface area contributed by atoms with E-state index in [0.717, 1.165) is 34.1 Å². The number of hydrogen-bond acceptors (Lipinski definition) is 1. The first-order valence-corrected chi connectivity index (χ1v) is 20.5. The number of para-hydroxylation sites is 5. The second-order valence-electron chi connectivity index (χ2n) is 15.4. The summed E-state index contributed by atoms with van der Waals surface area (Å²) in [7, 11) is 0. The minimum absolute atomic E-state index is 1.08. The molecule has 4 nitrogen and oxygen atoms in total. The summed E-state index contributed by atoms with van der Waals surface area (Å²) in [5, 5.41) is 6.13. The average Bonchev–Trinajstić information content (AvgIpc) is 3.99. The predicted octanol–water partition coefficient (Wildman–Crippen LogP) is 15.0. The van der Waals surface area contributed by atoms with Gasteiger partial charge in [-0.25, -0.2) is 0 Å². The molecule has 12 rings (SSSR count). The fourth-order valence-corrected chi connectivity index (χ4v) is 9.40. The molecule has 0 saturated heterocycles. The molecule has 4 heteroatoms. The molecule has 0 saturated carbocycles. The van der Waals surface area contributed by atoms with Crippen molar-refractivity contribution in [1.29, 1.82) is 0 Å². The Bertz CT molecular complexity index is 3510. The lowest BCUT2D eigenvalue weighted by molar-refractivity contribution is 1.12. The molecule has 9 aromatic carbocycles. The van der Waals surface area contributed by atoms with Gasteiger partial charge in [-0.05, 0) is 96.6 Å². The van der Waals surface area contributed by atoms with Crippen molar-refractivity contribution in [3.63, 3.8) is 0 Å². The average molecular weight is 767 g/mol. The minimum atomic E-state index is 1.08. The lowest BCUT2D eigenvalue weighted by atomic mass is 10.0. The van der Waals surface area contributed by atoms with Crippen molar-refractivity contribution in [1.82, 2.24) is 13.7 Å². The van der Waals surface area contributed by atoms with Crippen LogP contribution >= 0.6 is 0 Å². The van der Waals surface area contributed by atoms with Crippen LogP contribution in [0.4, 0.5) is 17.1 Å². The Hall–Kier alpha value is -8.08. The third-order valence-corrected chi connectivity index (χ3v) is 12.0. The van der Waals surface area contributed by atoms with Gasteiger partial charge in [0.2, 0.25) is 0 Å². The largest absolute Gasteiger partial charge is 0.314 e. The van der Waals surface area contributed by atoms with E-state index in [1.807, 2.05) is 0 Å². The van der Waals surface area contributed by atoms with Crippen molar-refractivity contribution >= 4 is 71.6 Å². The molecule has 0 fully saturated rings. The second kappa shape index (κ2) is 13.8. The molecule has 3 aromatic heterocycles. The summed E-state index contributed by atoms with van der Waals surface area (Å²) in [5.74, 6) is 0. The quantitative estimate of drug-likeness (QED) is 0.158. The zero-order valence-electron chi connectivity index (χ0n) is 32.7. The predicted molar refractivity (Wildman–Crippen MR) is 252 cm³/mol. The Morgan fingerprint density at radius 2 is 0.800 bits per heavy atom. The maximum atomic E-state index is 2.46. The van der Waals surface area contributed by atoms with Crippen LogP contribution in [0.3, 0.4) is 0 Å². The van der Waals surface area contributed by atoms with E-state index in [0.29, 0.717) is 0 Å². The van der Waals surface area contributed by atoms with Crippen LogP contribution in [-0.2, 0) is 0 Å². The minimum Gasteiger partial charge on any atom is -0.314 e. The smallest absolute Gasteiger partial charge is 0.0788 e. The molecule has 0 aliphatic carbocycles. The summed E-state index contributed by atoms with van der Waals surface area (Å²) in [6, 6.07) is 81.0. The normalized spacial score (nSPS) is 11.7. The third-order valence-electron chi connectivity index (χ3n) is 12.0. The summed E-state index contributed by atoms with van der Waals surface area (Å²) in [6.07, 6.45) is 2.31. The van der Waals surface area contributed by atoms with E-state index < -0.39 is 0 Å². The number of fused-ring (bicyclic) bond motifs is 8. The Morgan fingerprint density at radius 3 is 1.50 bits per heavy atom. The molecule has 0 spiro atoms. The van der Waals surface area contributed by atoms with E-state index in [-0.39, 0.29) is 0 Å². The maximum absolute atomic E-state index is 2.46. The first-order valence-electron chi connectivity index (χ1n) is 20.5. The Balaban J connectivity index is 1.06. The van der Waals surface area contributed by atoms with Crippen LogP contribution in [0, 0.1) is 0 Å². The van der Waals surface area contributed by atoms with Crippen LogP contribution in [0.25, 0.3) is 82.7 Å². The SMILES string of the molecule is c1ccc(-c2cn(-c3ccccc3)c3c2ccc2c4ccccc4n(-c4ccc(N(c5ccccc5)c5ccc6c(c5)c5ccccc5n6-c5ccccc5)cc4)c23)cc1. The zero-order chi connectivity index (χ0) is 39.6. The monoisotopic (exact) mass is 766 g/mol. The molecule has 0 radical (unpaired) electrons. The highest BCUT2D eigenvalue weighted by Crippen LogP contribution is 2.43. The second-order valence-corrected chi connectivity index (χ2v) is 15.4. The lowest BCUT2D eigenvalue weighted by Crippen LogP contribution is -2.10. The van der Waals surface area contributed by atoms with Crippen LogP contribution < -0.4 is 4.90 Å². The summed E-state index contributed by atoms with van der Waals surface area (Å²) in [6.45, 7) is 0. The van der Waals surface area contributed by atoms with Gasteiger partial charge in [-0.3, -0.25) is 0 Å². The van der Waals surface area contributed by atoms with Gasteiger partial charge in [-0.15, -0.1) is 0 Å². The van der Waals surface area contributed by atoms with Crippen molar-refractivity contribution in [3.05, 3.63) is 231 Å². The van der Waals surface area contributed by atoms with Gasteiger partial charge in [0.25, 0.3) is 0 Å². The molecular formula is C56H38N4. The van der Waals surface area contributed by atoms with Crippen LogP contribution in [0.2, 0.25) is 0 Å². The number of hydrogen-bond donors (Lipinski definition) is 0. The van der Waals surface area contributed by atoms with Crippen LogP contribution in [0.1, 0.15) is 0 Å². The highest BCUT2D eigenvalue weighted by molar-refractivity contribution is 6.20. The van der Waals surface area contributed by atoms with Crippen molar-refractivity contribution in [2.24, 2.45) is 0 Å². The van der Waals surface area contributed by atoms with E-state index in [2.05, 4.69) is 249 Å². The maximum Gasteiger partial charge on any atom is 0.0788 e. The Kier molecular flexibility index (Phi) is 7.82.